The van der Waals surface area contributed by atoms with Gasteiger partial charge >= 0.3 is 0 Å². The molecule has 0 spiro atoms. The van der Waals surface area contributed by atoms with Crippen LogP contribution in [0.15, 0.2) is 16.0 Å². The van der Waals surface area contributed by atoms with Gasteiger partial charge in [-0.2, -0.15) is 0 Å². The number of aromatic nitrogens is 2. The zero-order valence-corrected chi connectivity index (χ0v) is 10.7. The van der Waals surface area contributed by atoms with Crippen LogP contribution in [0.1, 0.15) is 0 Å². The summed E-state index contributed by atoms with van der Waals surface area (Å²) < 4.78 is 40.7. The molecule has 1 heterocycles. The van der Waals surface area contributed by atoms with Crippen molar-refractivity contribution in [2.24, 2.45) is 0 Å². The van der Waals surface area contributed by atoms with Gasteiger partial charge in [0.05, 0.1) is 16.1 Å². The van der Waals surface area contributed by atoms with Gasteiger partial charge in [-0.15, -0.1) is 0 Å². The molecule has 90 valence electrons. The summed E-state index contributed by atoms with van der Waals surface area (Å²) >= 11 is 3.92. The molecular formula is C9H4BrF3N2OS. The zero-order chi connectivity index (χ0) is 12.7. The minimum absolute atomic E-state index is 0.146. The van der Waals surface area contributed by atoms with Crippen molar-refractivity contribution >= 4 is 38.8 Å². The third-order valence-corrected chi connectivity index (χ3v) is 3.63. The fourth-order valence-electron chi connectivity index (χ4n) is 1.34. The Balaban J connectivity index is 3.07. The summed E-state index contributed by atoms with van der Waals surface area (Å²) in [5.74, 6) is -3.89. The van der Waals surface area contributed by atoms with Crippen LogP contribution < -0.4 is 5.56 Å². The molecule has 8 heteroatoms. The molecule has 1 aromatic heterocycles. The van der Waals surface area contributed by atoms with Crippen LogP contribution in [0, 0.1) is 17.5 Å². The molecule has 0 aliphatic carbocycles. The van der Waals surface area contributed by atoms with Crippen LogP contribution in [-0.4, -0.2) is 14.8 Å². The maximum atomic E-state index is 13.4. The second-order valence-electron chi connectivity index (χ2n) is 3.06. The van der Waals surface area contributed by atoms with Crippen LogP contribution >= 0.6 is 27.9 Å². The molecule has 0 amide bonds. The third-order valence-electron chi connectivity index (χ3n) is 2.10. The summed E-state index contributed by atoms with van der Waals surface area (Å²) in [6, 6.07) is 0.368. The molecule has 2 aromatic rings. The number of hydrogen-bond acceptors (Lipinski definition) is 3. The molecule has 0 atom stereocenters. The van der Waals surface area contributed by atoms with Gasteiger partial charge < -0.3 is 0 Å². The largest absolute Gasteiger partial charge is 0.275 e. The summed E-state index contributed by atoms with van der Waals surface area (Å²) in [5.41, 5.74) is -1.37. The molecule has 0 saturated heterocycles. The summed E-state index contributed by atoms with van der Waals surface area (Å²) in [4.78, 5) is 15.5. The molecule has 2 rings (SSSR count). The highest BCUT2D eigenvalue weighted by atomic mass is 79.9. The Morgan fingerprint density at radius 2 is 2.00 bits per heavy atom. The fraction of sp³-hybridized carbons (Fsp3) is 0.111. The Morgan fingerprint density at radius 1 is 1.35 bits per heavy atom. The van der Waals surface area contributed by atoms with Gasteiger partial charge in [0, 0.05) is 6.07 Å². The van der Waals surface area contributed by atoms with Crippen molar-refractivity contribution in [1.82, 2.24) is 8.58 Å². The van der Waals surface area contributed by atoms with Crippen molar-refractivity contribution in [3.05, 3.63) is 33.9 Å². The third kappa shape index (κ3) is 1.85. The number of halogens is 4. The van der Waals surface area contributed by atoms with Crippen molar-refractivity contribution in [3.63, 3.8) is 0 Å². The molecule has 0 unspecified atom stereocenters. The number of nitrogens with zero attached hydrogens (tertiary/aromatic N) is 2. The quantitative estimate of drug-likeness (QED) is 0.459. The number of benzene rings is 1. The first-order valence-electron chi connectivity index (χ1n) is 4.27. The fourth-order valence-corrected chi connectivity index (χ4v) is 2.46. The number of thioether (sulfide) groups is 1. The van der Waals surface area contributed by atoms with E-state index in [4.69, 9.17) is 0 Å². The molecule has 0 aliphatic rings. The van der Waals surface area contributed by atoms with E-state index in [1.807, 2.05) is 0 Å². The maximum absolute atomic E-state index is 13.4. The van der Waals surface area contributed by atoms with E-state index in [9.17, 15) is 18.0 Å². The monoisotopic (exact) mass is 324 g/mol. The SMILES string of the molecule is CSc1nc2c(F)cc(F)c(F)c2c(=O)n1Br. The second-order valence-corrected chi connectivity index (χ2v) is 4.54. The molecule has 0 saturated carbocycles. The van der Waals surface area contributed by atoms with Crippen LogP contribution in [0.4, 0.5) is 13.2 Å². The minimum atomic E-state index is -1.42. The van der Waals surface area contributed by atoms with E-state index in [2.05, 4.69) is 21.1 Å². The van der Waals surface area contributed by atoms with Gasteiger partial charge in [0.25, 0.3) is 5.56 Å². The lowest BCUT2D eigenvalue weighted by Crippen LogP contribution is -2.18. The first-order valence-corrected chi connectivity index (χ1v) is 6.21. The average molecular weight is 325 g/mol. The first-order chi connectivity index (χ1) is 7.97. The van der Waals surface area contributed by atoms with Gasteiger partial charge in [-0.25, -0.2) is 21.7 Å². The molecule has 1 aromatic carbocycles. The number of hydrogen-bond donors (Lipinski definition) is 0. The van der Waals surface area contributed by atoms with E-state index < -0.39 is 33.9 Å². The molecule has 0 bridgehead atoms. The van der Waals surface area contributed by atoms with Crippen molar-refractivity contribution in [1.29, 1.82) is 0 Å². The van der Waals surface area contributed by atoms with Crippen molar-refractivity contribution in [3.8, 4) is 0 Å². The maximum Gasteiger partial charge on any atom is 0.275 e. The summed E-state index contributed by atoms with van der Waals surface area (Å²) in [6.07, 6.45) is 1.61. The van der Waals surface area contributed by atoms with Crippen LogP contribution in [0.2, 0.25) is 0 Å². The molecule has 17 heavy (non-hydrogen) atoms. The van der Waals surface area contributed by atoms with Crippen molar-refractivity contribution in [2.75, 3.05) is 6.26 Å². The normalized spacial score (nSPS) is 11.1. The summed E-state index contributed by atoms with van der Waals surface area (Å²) in [7, 11) is 0. The number of fused-ring (bicyclic) bond motifs is 1. The molecule has 0 N–H and O–H groups in total. The zero-order valence-electron chi connectivity index (χ0n) is 8.30. The molecular weight excluding hydrogens is 321 g/mol. The van der Waals surface area contributed by atoms with Gasteiger partial charge in [-0.05, 0) is 6.26 Å². The highest BCUT2D eigenvalue weighted by Gasteiger charge is 2.19. The Hall–Kier alpha value is -1.02. The lowest BCUT2D eigenvalue weighted by atomic mass is 10.2. The standard InChI is InChI=1S/C9H4BrF3N2OS/c1-17-9-14-7-4(12)2-3(11)6(13)5(7)8(16)15(9)10/h2H,1H3. The van der Waals surface area contributed by atoms with Crippen LogP contribution in [0.25, 0.3) is 10.9 Å². The molecule has 0 aliphatic heterocycles. The van der Waals surface area contributed by atoms with E-state index in [0.29, 0.717) is 6.07 Å². The van der Waals surface area contributed by atoms with E-state index in [0.717, 1.165) is 15.4 Å². The first kappa shape index (κ1) is 12.4. The summed E-state index contributed by atoms with van der Waals surface area (Å²) in [6.45, 7) is 0. The number of rotatable bonds is 1. The summed E-state index contributed by atoms with van der Waals surface area (Å²) in [5, 5.41) is -0.565. The van der Waals surface area contributed by atoms with E-state index >= 15 is 0 Å². The average Bonchev–Trinajstić information content (AvgIpc) is 2.29. The van der Waals surface area contributed by atoms with Gasteiger partial charge in [-0.3, -0.25) is 4.79 Å². The Kier molecular flexibility index (Phi) is 3.17. The Labute approximate surface area is 106 Å². The van der Waals surface area contributed by atoms with Crippen molar-refractivity contribution in [2.45, 2.75) is 5.16 Å². The molecule has 3 nitrogen and oxygen atoms in total. The lowest BCUT2D eigenvalue weighted by Gasteiger charge is -2.06. The van der Waals surface area contributed by atoms with Gasteiger partial charge in [0.2, 0.25) is 0 Å². The molecule has 0 radical (unpaired) electrons. The van der Waals surface area contributed by atoms with Crippen LogP contribution in [-0.2, 0) is 0 Å². The Bertz CT molecular complexity index is 674. The Morgan fingerprint density at radius 3 is 2.59 bits per heavy atom. The highest BCUT2D eigenvalue weighted by molar-refractivity contribution is 9.08. The lowest BCUT2D eigenvalue weighted by molar-refractivity contribution is 0.503. The van der Waals surface area contributed by atoms with Crippen LogP contribution in [0.5, 0.6) is 0 Å². The topological polar surface area (TPSA) is 34.9 Å². The van der Waals surface area contributed by atoms with Crippen molar-refractivity contribution < 1.29 is 13.2 Å². The van der Waals surface area contributed by atoms with Gasteiger partial charge in [0.15, 0.2) is 22.6 Å². The minimum Gasteiger partial charge on any atom is -0.267 e. The van der Waals surface area contributed by atoms with Crippen LogP contribution in [0.3, 0.4) is 0 Å². The molecule has 0 fully saturated rings. The van der Waals surface area contributed by atoms with E-state index in [1.165, 1.54) is 0 Å². The second kappa shape index (κ2) is 4.34. The van der Waals surface area contributed by atoms with E-state index in [-0.39, 0.29) is 5.16 Å². The predicted octanol–water partition coefficient (Wildman–Crippen LogP) is 2.69. The highest BCUT2D eigenvalue weighted by Crippen LogP contribution is 2.22. The van der Waals surface area contributed by atoms with E-state index in [1.54, 1.807) is 6.26 Å². The smallest absolute Gasteiger partial charge is 0.267 e. The van der Waals surface area contributed by atoms with Gasteiger partial charge in [-0.1, -0.05) is 11.8 Å². The predicted molar refractivity (Wildman–Crippen MR) is 62.0 cm³/mol. The van der Waals surface area contributed by atoms with Gasteiger partial charge in [0.1, 0.15) is 10.9 Å².